The number of unbranched alkanes of at least 4 members (excludes halogenated alkanes) is 30. The monoisotopic (exact) mass is 1110 g/mol. The van der Waals surface area contributed by atoms with Gasteiger partial charge in [0.1, 0.15) is 19.3 Å². The van der Waals surface area contributed by atoms with Crippen molar-refractivity contribution in [3.8, 4) is 0 Å². The molecule has 0 fully saturated rings. The van der Waals surface area contributed by atoms with Gasteiger partial charge in [-0.2, -0.15) is 0 Å². The van der Waals surface area contributed by atoms with Crippen molar-refractivity contribution in [1.29, 1.82) is 0 Å². The van der Waals surface area contributed by atoms with Gasteiger partial charge in [-0.1, -0.05) is 260 Å². The predicted octanol–water partition coefficient (Wildman–Crippen LogP) is 20.2. The van der Waals surface area contributed by atoms with Crippen molar-refractivity contribution in [2.75, 3.05) is 40.9 Å². The zero-order valence-electron chi connectivity index (χ0n) is 51.6. The van der Waals surface area contributed by atoms with Gasteiger partial charge in [-0.3, -0.25) is 18.6 Å². The molecule has 0 radical (unpaired) electrons. The van der Waals surface area contributed by atoms with Gasteiger partial charge in [0.05, 0.1) is 33.8 Å². The van der Waals surface area contributed by atoms with Crippen LogP contribution in [0.1, 0.15) is 284 Å². The highest BCUT2D eigenvalue weighted by Gasteiger charge is 2.30. The first kappa shape index (κ1) is 75.2. The highest BCUT2D eigenvalue weighted by Crippen LogP contribution is 2.43. The Morgan fingerprint density at radius 3 is 1.27 bits per heavy atom. The number of likely N-dealkylation sites (N-methyl/N-ethyl adjacent to an activating group) is 1. The first-order valence-corrected chi connectivity index (χ1v) is 33.9. The summed E-state index contributed by atoms with van der Waals surface area (Å²) in [6.45, 7) is 6.86. The molecule has 1 amide bonds. The van der Waals surface area contributed by atoms with Crippen LogP contribution in [0.4, 0.5) is 0 Å². The number of nitrogens with zero attached hydrogens (tertiary/aromatic N) is 1. The number of rotatable bonds is 58. The zero-order chi connectivity index (χ0) is 57.2. The molecular weight excluding hydrogens is 988 g/mol. The van der Waals surface area contributed by atoms with Crippen LogP contribution in [-0.4, -0.2) is 74.3 Å². The van der Waals surface area contributed by atoms with Gasteiger partial charge in [-0.15, -0.1) is 0 Å². The lowest BCUT2D eigenvalue weighted by atomic mass is 10.0. The maximum atomic E-state index is 13.5. The number of esters is 1. The fourth-order valence-corrected chi connectivity index (χ4v) is 9.82. The third kappa shape index (κ3) is 57.9. The fraction of sp³-hybridized carbons (Fsp3) is 0.765. The van der Waals surface area contributed by atoms with Crippen molar-refractivity contribution in [3.05, 3.63) is 85.1 Å². The van der Waals surface area contributed by atoms with Crippen LogP contribution in [0.25, 0.3) is 0 Å². The molecule has 0 aliphatic carbocycles. The number of allylic oxidation sites excluding steroid dienone is 13. The molecule has 2 N–H and O–H groups in total. The van der Waals surface area contributed by atoms with E-state index in [2.05, 4.69) is 99.0 Å². The van der Waals surface area contributed by atoms with Crippen LogP contribution < -0.4 is 5.32 Å². The molecule has 78 heavy (non-hydrogen) atoms. The Balaban J connectivity index is 5.23. The van der Waals surface area contributed by atoms with E-state index in [1.807, 2.05) is 33.3 Å². The molecule has 0 aromatic heterocycles. The molecule has 452 valence electrons. The van der Waals surface area contributed by atoms with Crippen LogP contribution in [-0.2, 0) is 27.9 Å². The molecule has 3 atom stereocenters. The van der Waals surface area contributed by atoms with Crippen molar-refractivity contribution in [2.45, 2.75) is 296 Å². The lowest BCUT2D eigenvalue weighted by Crippen LogP contribution is -2.47. The molecule has 9 nitrogen and oxygen atoms in total. The second-order valence-corrected chi connectivity index (χ2v) is 24.4. The summed E-state index contributed by atoms with van der Waals surface area (Å²) in [6, 6.07) is -0.881. The van der Waals surface area contributed by atoms with E-state index in [1.54, 1.807) is 0 Å². The van der Waals surface area contributed by atoms with E-state index in [4.69, 9.17) is 13.8 Å². The average Bonchev–Trinajstić information content (AvgIpc) is 3.40. The number of nitrogens with one attached hydrogen (secondary N) is 1. The molecule has 0 bridgehead atoms. The van der Waals surface area contributed by atoms with Crippen LogP contribution >= 0.6 is 7.82 Å². The second kappa shape index (κ2) is 57.4. The summed E-state index contributed by atoms with van der Waals surface area (Å²) in [4.78, 5) is 37.7. The van der Waals surface area contributed by atoms with E-state index >= 15 is 0 Å². The van der Waals surface area contributed by atoms with Crippen LogP contribution in [0.15, 0.2) is 85.1 Å². The summed E-state index contributed by atoms with van der Waals surface area (Å²) >= 11 is 0. The minimum atomic E-state index is -4.47. The van der Waals surface area contributed by atoms with Crippen molar-refractivity contribution in [1.82, 2.24) is 5.32 Å². The maximum absolute atomic E-state index is 13.5. The summed E-state index contributed by atoms with van der Waals surface area (Å²) in [5, 5.41) is 3.02. The Hall–Kier alpha value is -2.81. The molecule has 0 saturated carbocycles. The van der Waals surface area contributed by atoms with Gasteiger partial charge in [0, 0.05) is 12.8 Å². The summed E-state index contributed by atoms with van der Waals surface area (Å²) in [6.07, 6.45) is 76.0. The Kier molecular flexibility index (Phi) is 55.4. The smallest absolute Gasteiger partial charge is 0.456 e. The van der Waals surface area contributed by atoms with Gasteiger partial charge in [0.15, 0.2) is 0 Å². The lowest BCUT2D eigenvalue weighted by molar-refractivity contribution is -0.870. The Labute approximate surface area is 482 Å². The molecule has 0 rings (SSSR count). The van der Waals surface area contributed by atoms with Crippen molar-refractivity contribution in [2.24, 2.45) is 0 Å². The number of quaternary nitrogens is 1. The number of hydrogen-bond donors (Lipinski definition) is 2. The van der Waals surface area contributed by atoms with Crippen LogP contribution in [0.3, 0.4) is 0 Å². The molecule has 0 spiro atoms. The van der Waals surface area contributed by atoms with Crippen molar-refractivity contribution in [3.63, 3.8) is 0 Å². The number of hydrogen-bond acceptors (Lipinski definition) is 6. The number of ether oxygens (including phenoxy) is 1. The topological polar surface area (TPSA) is 111 Å². The second-order valence-electron chi connectivity index (χ2n) is 22.9. The number of phosphoric ester groups is 1. The van der Waals surface area contributed by atoms with E-state index in [0.717, 1.165) is 77.0 Å². The molecule has 0 aliphatic rings. The molecule has 0 aromatic carbocycles. The Bertz CT molecular complexity index is 1610. The van der Waals surface area contributed by atoms with Crippen LogP contribution in [0.2, 0.25) is 0 Å². The van der Waals surface area contributed by atoms with E-state index in [1.165, 1.54) is 167 Å². The summed E-state index contributed by atoms with van der Waals surface area (Å²) < 4.78 is 30.7. The third-order valence-electron chi connectivity index (χ3n) is 14.1. The zero-order valence-corrected chi connectivity index (χ0v) is 52.5. The first-order chi connectivity index (χ1) is 37.9. The molecule has 10 heteroatoms. The van der Waals surface area contributed by atoms with Gasteiger partial charge >= 0.3 is 13.8 Å². The SMILES string of the molecule is CC/C=C\C/C=C\C/C=C\C/C=C\C/C=C\CCCC(=O)NC(COP(=O)(O)OCC[N+](C)(C)C)C(/C=C\CCCCCCCCCCCC)OC(=O)CCCCCCCCCCCCCCC/C=C/CCCCCCCC. The molecular formula is C68H124N2O7P+. The van der Waals surface area contributed by atoms with Crippen LogP contribution in [0, 0.1) is 0 Å². The Morgan fingerprint density at radius 1 is 0.462 bits per heavy atom. The number of amides is 1. The highest BCUT2D eigenvalue weighted by molar-refractivity contribution is 7.47. The highest BCUT2D eigenvalue weighted by atomic mass is 31.2. The Morgan fingerprint density at radius 2 is 0.833 bits per heavy atom. The molecule has 0 heterocycles. The van der Waals surface area contributed by atoms with E-state index < -0.39 is 20.0 Å². The van der Waals surface area contributed by atoms with Crippen molar-refractivity contribution >= 4 is 19.7 Å². The predicted molar refractivity (Wildman–Crippen MR) is 337 cm³/mol. The van der Waals surface area contributed by atoms with E-state index in [0.29, 0.717) is 17.4 Å². The minimum absolute atomic E-state index is 0.0271. The van der Waals surface area contributed by atoms with Crippen molar-refractivity contribution < 1.29 is 37.3 Å². The summed E-state index contributed by atoms with van der Waals surface area (Å²) in [5.74, 6) is -0.570. The molecule has 0 aromatic rings. The normalized spacial score (nSPS) is 14.2. The minimum Gasteiger partial charge on any atom is -0.456 e. The van der Waals surface area contributed by atoms with Gasteiger partial charge < -0.3 is 19.4 Å². The average molecular weight is 1110 g/mol. The standard InChI is InChI=1S/C68H123N2O7P/c1-7-10-13-16-19-22-25-28-30-32-33-34-35-36-37-39-41-43-46-49-52-55-58-61-68(72)77-66(59-56-53-50-47-44-27-24-21-18-15-12-9-3)65(64-76-78(73,74)75-63-62-70(4,5)6)69-67(71)60-57-54-51-48-45-42-40-38-31-29-26-23-20-17-14-11-8-2/h11,14,20,23,28-31,40,42,48,51,56,59,65-66H,7-10,12-13,15-19,21-22,24-27,32-39,41,43-47,49-50,52-55,57-58,60-64H2,1-6H3,(H-,69,71,73,74)/p+1/b14-11-,23-20-,30-28+,31-29-,42-40-,51-48-,59-56-. The lowest BCUT2D eigenvalue weighted by Gasteiger charge is -2.27. The van der Waals surface area contributed by atoms with Crippen LogP contribution in [0.5, 0.6) is 0 Å². The number of carbonyl (C=O) groups excluding carboxylic acids is 2. The third-order valence-corrected chi connectivity index (χ3v) is 15.1. The largest absolute Gasteiger partial charge is 0.472 e. The summed E-state index contributed by atoms with van der Waals surface area (Å²) in [5.41, 5.74) is 0. The van der Waals surface area contributed by atoms with E-state index in [9.17, 15) is 19.0 Å². The van der Waals surface area contributed by atoms with Gasteiger partial charge in [0.25, 0.3) is 0 Å². The van der Waals surface area contributed by atoms with Gasteiger partial charge in [0.2, 0.25) is 5.91 Å². The maximum Gasteiger partial charge on any atom is 0.472 e. The summed E-state index contributed by atoms with van der Waals surface area (Å²) in [7, 11) is 1.46. The molecule has 3 unspecified atom stereocenters. The molecule has 0 saturated heterocycles. The van der Waals surface area contributed by atoms with Gasteiger partial charge in [-0.25, -0.2) is 4.57 Å². The quantitative estimate of drug-likeness (QED) is 0.0205. The number of carbonyl (C=O) groups is 2. The molecule has 0 aliphatic heterocycles. The van der Waals surface area contributed by atoms with E-state index in [-0.39, 0.29) is 37.9 Å². The number of phosphoric acid groups is 1. The fourth-order valence-electron chi connectivity index (χ4n) is 9.09. The first-order valence-electron chi connectivity index (χ1n) is 32.4. The van der Waals surface area contributed by atoms with Gasteiger partial charge in [-0.05, 0) is 96.0 Å².